The van der Waals surface area contributed by atoms with E-state index in [-0.39, 0.29) is 6.03 Å². The Morgan fingerprint density at radius 2 is 1.88 bits per heavy atom. The van der Waals surface area contributed by atoms with Crippen molar-refractivity contribution < 1.29 is 9.53 Å². The topological polar surface area (TPSA) is 68.2 Å². The van der Waals surface area contributed by atoms with Crippen LogP contribution in [0.25, 0.3) is 11.1 Å². The van der Waals surface area contributed by atoms with Crippen LogP contribution in [0.1, 0.15) is 5.56 Å². The van der Waals surface area contributed by atoms with E-state index in [4.69, 9.17) is 4.74 Å². The molecule has 25 heavy (non-hydrogen) atoms. The van der Waals surface area contributed by atoms with Crippen LogP contribution < -0.4 is 15.4 Å². The molecule has 2 N–H and O–H groups in total. The van der Waals surface area contributed by atoms with Crippen LogP contribution in [-0.4, -0.2) is 22.9 Å². The van der Waals surface area contributed by atoms with E-state index in [2.05, 4.69) is 15.7 Å². The number of nitrogens with zero attached hydrogens (tertiary/aromatic N) is 2. The second-order valence-electron chi connectivity index (χ2n) is 5.60. The summed E-state index contributed by atoms with van der Waals surface area (Å²) in [6.45, 7) is 0.392. The van der Waals surface area contributed by atoms with Gasteiger partial charge in [-0.1, -0.05) is 30.3 Å². The highest BCUT2D eigenvalue weighted by molar-refractivity contribution is 5.89. The van der Waals surface area contributed by atoms with Gasteiger partial charge in [0.2, 0.25) is 0 Å². The summed E-state index contributed by atoms with van der Waals surface area (Å²) in [4.78, 5) is 12.1. The Bertz CT molecular complexity index is 856. The molecule has 6 heteroatoms. The standard InChI is InChI=1S/C19H20N4O2/c1-23-13-16(12-21-23)14-7-9-17(10-8-14)22-19(24)20-11-15-5-3-4-6-18(15)25-2/h3-10,12-13H,11H2,1-2H3,(H2,20,22,24). The third kappa shape index (κ3) is 4.17. The molecule has 0 saturated carbocycles. The van der Waals surface area contributed by atoms with Crippen molar-refractivity contribution in [1.29, 1.82) is 0 Å². The number of para-hydroxylation sites is 1. The van der Waals surface area contributed by atoms with Gasteiger partial charge >= 0.3 is 6.03 Å². The third-order valence-corrected chi connectivity index (χ3v) is 3.81. The molecular weight excluding hydrogens is 316 g/mol. The molecular formula is C19H20N4O2. The smallest absolute Gasteiger partial charge is 0.319 e. The first-order chi connectivity index (χ1) is 12.2. The Labute approximate surface area is 146 Å². The highest BCUT2D eigenvalue weighted by atomic mass is 16.5. The summed E-state index contributed by atoms with van der Waals surface area (Å²) >= 11 is 0. The van der Waals surface area contributed by atoms with E-state index in [1.54, 1.807) is 11.8 Å². The van der Waals surface area contributed by atoms with Gasteiger partial charge in [0, 0.05) is 36.6 Å². The van der Waals surface area contributed by atoms with Gasteiger partial charge in [-0.15, -0.1) is 0 Å². The Balaban J connectivity index is 1.57. The lowest BCUT2D eigenvalue weighted by atomic mass is 10.1. The molecule has 0 radical (unpaired) electrons. The van der Waals surface area contributed by atoms with Gasteiger partial charge < -0.3 is 15.4 Å². The Morgan fingerprint density at radius 1 is 1.12 bits per heavy atom. The van der Waals surface area contributed by atoms with E-state index in [1.807, 2.05) is 68.0 Å². The molecule has 1 heterocycles. The van der Waals surface area contributed by atoms with Crippen molar-refractivity contribution >= 4 is 11.7 Å². The van der Waals surface area contributed by atoms with Crippen LogP contribution in [0.5, 0.6) is 5.75 Å². The van der Waals surface area contributed by atoms with Crippen molar-refractivity contribution in [3.63, 3.8) is 0 Å². The third-order valence-electron chi connectivity index (χ3n) is 3.81. The number of aromatic nitrogens is 2. The molecule has 0 atom stereocenters. The van der Waals surface area contributed by atoms with Gasteiger partial charge in [0.05, 0.1) is 13.3 Å². The fraction of sp³-hybridized carbons (Fsp3) is 0.158. The lowest BCUT2D eigenvalue weighted by Gasteiger charge is -2.10. The second kappa shape index (κ2) is 7.53. The molecule has 2 aromatic carbocycles. The molecule has 0 bridgehead atoms. The van der Waals surface area contributed by atoms with E-state index >= 15 is 0 Å². The number of ether oxygens (including phenoxy) is 1. The van der Waals surface area contributed by atoms with Crippen molar-refractivity contribution in [2.45, 2.75) is 6.54 Å². The number of hydrogen-bond donors (Lipinski definition) is 2. The first kappa shape index (κ1) is 16.6. The zero-order valence-electron chi connectivity index (χ0n) is 14.2. The number of aryl methyl sites for hydroxylation is 1. The van der Waals surface area contributed by atoms with E-state index in [9.17, 15) is 4.79 Å². The minimum atomic E-state index is -0.264. The van der Waals surface area contributed by atoms with Crippen molar-refractivity contribution in [1.82, 2.24) is 15.1 Å². The number of carbonyl (C=O) groups excluding carboxylic acids is 1. The molecule has 0 fully saturated rings. The molecule has 0 aliphatic rings. The molecule has 128 valence electrons. The van der Waals surface area contributed by atoms with Gasteiger partial charge in [0.25, 0.3) is 0 Å². The quantitative estimate of drug-likeness (QED) is 0.750. The van der Waals surface area contributed by atoms with E-state index < -0.39 is 0 Å². The summed E-state index contributed by atoms with van der Waals surface area (Å²) in [5.41, 5.74) is 3.74. The fourth-order valence-electron chi connectivity index (χ4n) is 2.52. The molecule has 3 aromatic rings. The molecule has 3 rings (SSSR count). The van der Waals surface area contributed by atoms with E-state index in [0.29, 0.717) is 6.54 Å². The predicted molar refractivity (Wildman–Crippen MR) is 97.5 cm³/mol. The number of urea groups is 1. The number of carbonyl (C=O) groups is 1. The summed E-state index contributed by atoms with van der Waals surface area (Å²) in [6, 6.07) is 15.0. The lowest BCUT2D eigenvalue weighted by molar-refractivity contribution is 0.251. The lowest BCUT2D eigenvalue weighted by Crippen LogP contribution is -2.28. The van der Waals surface area contributed by atoms with Gasteiger partial charge in [-0.05, 0) is 23.8 Å². The van der Waals surface area contributed by atoms with E-state index in [1.165, 1.54) is 0 Å². The number of nitrogens with one attached hydrogen (secondary N) is 2. The monoisotopic (exact) mass is 336 g/mol. The largest absolute Gasteiger partial charge is 0.496 e. The maximum Gasteiger partial charge on any atom is 0.319 e. The average Bonchev–Trinajstić information content (AvgIpc) is 3.07. The average molecular weight is 336 g/mol. The molecule has 0 aliphatic heterocycles. The summed E-state index contributed by atoms with van der Waals surface area (Å²) < 4.78 is 7.03. The summed E-state index contributed by atoms with van der Waals surface area (Å²) in [7, 11) is 3.49. The molecule has 0 aliphatic carbocycles. The van der Waals surface area contributed by atoms with Gasteiger partial charge in [-0.3, -0.25) is 4.68 Å². The highest BCUT2D eigenvalue weighted by Crippen LogP contribution is 2.21. The van der Waals surface area contributed by atoms with Crippen LogP contribution in [0.3, 0.4) is 0 Å². The van der Waals surface area contributed by atoms with Crippen molar-refractivity contribution in [2.24, 2.45) is 7.05 Å². The molecule has 0 spiro atoms. The van der Waals surface area contributed by atoms with Crippen LogP contribution in [0.15, 0.2) is 60.9 Å². The van der Waals surface area contributed by atoms with Gasteiger partial charge in [-0.2, -0.15) is 5.10 Å². The Hall–Kier alpha value is -3.28. The zero-order chi connectivity index (χ0) is 17.6. The number of hydrogen-bond acceptors (Lipinski definition) is 3. The maximum atomic E-state index is 12.1. The number of amides is 2. The highest BCUT2D eigenvalue weighted by Gasteiger charge is 2.06. The summed E-state index contributed by atoms with van der Waals surface area (Å²) in [5, 5.41) is 9.81. The van der Waals surface area contributed by atoms with Gasteiger partial charge in [0.15, 0.2) is 0 Å². The van der Waals surface area contributed by atoms with Crippen LogP contribution in [0.4, 0.5) is 10.5 Å². The SMILES string of the molecule is COc1ccccc1CNC(=O)Nc1ccc(-c2cnn(C)c2)cc1. The van der Waals surface area contributed by atoms with Crippen LogP contribution in [0.2, 0.25) is 0 Å². The van der Waals surface area contributed by atoms with Crippen molar-refractivity contribution in [3.8, 4) is 16.9 Å². The van der Waals surface area contributed by atoms with Crippen LogP contribution in [0, 0.1) is 0 Å². The van der Waals surface area contributed by atoms with Crippen molar-refractivity contribution in [2.75, 3.05) is 12.4 Å². The number of anilines is 1. The minimum absolute atomic E-state index is 0.264. The number of rotatable bonds is 5. The molecule has 2 amide bonds. The summed E-state index contributed by atoms with van der Waals surface area (Å²) in [5.74, 6) is 0.753. The molecule has 0 saturated heterocycles. The number of benzene rings is 2. The van der Waals surface area contributed by atoms with E-state index in [0.717, 1.165) is 28.1 Å². The fourth-order valence-corrected chi connectivity index (χ4v) is 2.52. The van der Waals surface area contributed by atoms with Crippen molar-refractivity contribution in [3.05, 3.63) is 66.5 Å². The minimum Gasteiger partial charge on any atom is -0.496 e. The molecule has 1 aromatic heterocycles. The molecule has 6 nitrogen and oxygen atoms in total. The first-order valence-corrected chi connectivity index (χ1v) is 7.91. The predicted octanol–water partition coefficient (Wildman–Crippen LogP) is 3.42. The summed E-state index contributed by atoms with van der Waals surface area (Å²) in [6.07, 6.45) is 3.75. The number of methoxy groups -OCH3 is 1. The van der Waals surface area contributed by atoms with Crippen LogP contribution >= 0.6 is 0 Å². The Morgan fingerprint density at radius 3 is 2.56 bits per heavy atom. The maximum absolute atomic E-state index is 12.1. The molecule has 0 unspecified atom stereocenters. The Kier molecular flexibility index (Phi) is 4.99. The van der Waals surface area contributed by atoms with Crippen LogP contribution in [-0.2, 0) is 13.6 Å². The normalized spacial score (nSPS) is 10.3. The zero-order valence-corrected chi connectivity index (χ0v) is 14.2. The van der Waals surface area contributed by atoms with Gasteiger partial charge in [0.1, 0.15) is 5.75 Å². The van der Waals surface area contributed by atoms with Gasteiger partial charge in [-0.25, -0.2) is 4.79 Å². The first-order valence-electron chi connectivity index (χ1n) is 7.91. The second-order valence-corrected chi connectivity index (χ2v) is 5.60.